The Labute approximate surface area is 100 Å². The number of thioether (sulfide) groups is 1. The van der Waals surface area contributed by atoms with E-state index in [1.54, 1.807) is 19.4 Å². The van der Waals surface area contributed by atoms with Crippen LogP contribution in [0.5, 0.6) is 5.88 Å². The van der Waals surface area contributed by atoms with Gasteiger partial charge in [-0.2, -0.15) is 16.7 Å². The van der Waals surface area contributed by atoms with Crippen molar-refractivity contribution in [2.45, 2.75) is 25.1 Å². The maximum absolute atomic E-state index is 5.12. The van der Waals surface area contributed by atoms with Crippen LogP contribution in [0.1, 0.15) is 13.8 Å². The molecule has 1 aromatic rings. The van der Waals surface area contributed by atoms with Crippen molar-refractivity contribution in [3.8, 4) is 5.88 Å². The fourth-order valence-electron chi connectivity index (χ4n) is 1.80. The summed E-state index contributed by atoms with van der Waals surface area (Å²) in [5, 5.41) is 0.614. The third kappa shape index (κ3) is 2.24. The molecular weight excluding hydrogens is 222 g/mol. The zero-order valence-corrected chi connectivity index (χ0v) is 10.7. The summed E-state index contributed by atoms with van der Waals surface area (Å²) in [6.45, 7) is 5.48. The lowest BCUT2D eigenvalue weighted by Gasteiger charge is -2.37. The number of hydrogen-bond acceptors (Lipinski definition) is 5. The molecule has 0 bridgehead atoms. The van der Waals surface area contributed by atoms with Gasteiger partial charge in [-0.25, -0.2) is 4.98 Å². The number of hydrogen-bond donors (Lipinski definition) is 0. The van der Waals surface area contributed by atoms with E-state index in [1.807, 2.05) is 11.8 Å². The van der Waals surface area contributed by atoms with Gasteiger partial charge in [0, 0.05) is 35.9 Å². The second-order valence-electron chi connectivity index (χ2n) is 3.91. The van der Waals surface area contributed by atoms with Crippen molar-refractivity contribution >= 4 is 17.7 Å². The minimum atomic E-state index is 0.464. The van der Waals surface area contributed by atoms with E-state index in [2.05, 4.69) is 28.7 Å². The lowest BCUT2D eigenvalue weighted by Crippen LogP contribution is -2.45. The molecule has 16 heavy (non-hydrogen) atoms. The molecule has 1 fully saturated rings. The summed E-state index contributed by atoms with van der Waals surface area (Å²) in [4.78, 5) is 11.0. The SMILES string of the molecule is COc1ccnc(N2CCSC(C)C2C)n1. The first-order valence-electron chi connectivity index (χ1n) is 5.47. The van der Waals surface area contributed by atoms with Gasteiger partial charge in [0.2, 0.25) is 11.8 Å². The van der Waals surface area contributed by atoms with E-state index in [0.29, 0.717) is 17.2 Å². The highest BCUT2D eigenvalue weighted by Crippen LogP contribution is 2.27. The summed E-state index contributed by atoms with van der Waals surface area (Å²) in [7, 11) is 1.63. The van der Waals surface area contributed by atoms with Gasteiger partial charge in [-0.1, -0.05) is 6.92 Å². The van der Waals surface area contributed by atoms with Crippen molar-refractivity contribution in [2.24, 2.45) is 0 Å². The highest BCUT2D eigenvalue weighted by atomic mass is 32.2. The van der Waals surface area contributed by atoms with Crippen molar-refractivity contribution in [1.82, 2.24) is 9.97 Å². The minimum absolute atomic E-state index is 0.464. The van der Waals surface area contributed by atoms with Gasteiger partial charge in [-0.15, -0.1) is 0 Å². The number of ether oxygens (including phenoxy) is 1. The lowest BCUT2D eigenvalue weighted by atomic mass is 10.2. The first-order valence-corrected chi connectivity index (χ1v) is 6.52. The van der Waals surface area contributed by atoms with E-state index in [0.717, 1.165) is 18.2 Å². The zero-order chi connectivity index (χ0) is 11.5. The van der Waals surface area contributed by atoms with Crippen LogP contribution >= 0.6 is 11.8 Å². The quantitative estimate of drug-likeness (QED) is 0.787. The van der Waals surface area contributed by atoms with Crippen LogP contribution in [-0.2, 0) is 0 Å². The maximum atomic E-state index is 5.12. The lowest BCUT2D eigenvalue weighted by molar-refractivity contribution is 0.396. The Morgan fingerprint density at radius 2 is 2.31 bits per heavy atom. The molecule has 0 radical (unpaired) electrons. The van der Waals surface area contributed by atoms with Crippen LogP contribution in [0.15, 0.2) is 12.3 Å². The Morgan fingerprint density at radius 3 is 3.06 bits per heavy atom. The van der Waals surface area contributed by atoms with Crippen molar-refractivity contribution in [1.29, 1.82) is 0 Å². The van der Waals surface area contributed by atoms with Gasteiger partial charge < -0.3 is 9.64 Å². The molecule has 5 heteroatoms. The van der Waals surface area contributed by atoms with Crippen LogP contribution in [-0.4, -0.2) is 40.7 Å². The Hall–Kier alpha value is -0.970. The summed E-state index contributed by atoms with van der Waals surface area (Å²) in [6, 6.07) is 2.24. The summed E-state index contributed by atoms with van der Waals surface area (Å²) in [5.41, 5.74) is 0. The fourth-order valence-corrected chi connectivity index (χ4v) is 2.90. The smallest absolute Gasteiger partial charge is 0.228 e. The largest absolute Gasteiger partial charge is 0.481 e. The molecule has 4 nitrogen and oxygen atoms in total. The second-order valence-corrected chi connectivity index (χ2v) is 5.39. The molecule has 2 atom stereocenters. The normalized spacial score (nSPS) is 25.6. The summed E-state index contributed by atoms with van der Waals surface area (Å²) < 4.78 is 5.12. The summed E-state index contributed by atoms with van der Waals surface area (Å²) >= 11 is 2.01. The maximum Gasteiger partial charge on any atom is 0.228 e. The fraction of sp³-hybridized carbons (Fsp3) is 0.636. The molecule has 2 heterocycles. The molecule has 1 aliphatic heterocycles. The third-order valence-corrected chi connectivity index (χ3v) is 4.31. The molecule has 1 aliphatic rings. The van der Waals surface area contributed by atoms with Gasteiger partial charge in [0.05, 0.1) is 7.11 Å². The molecule has 0 spiro atoms. The predicted octanol–water partition coefficient (Wildman–Crippen LogP) is 1.82. The molecule has 1 saturated heterocycles. The van der Waals surface area contributed by atoms with Gasteiger partial charge in [0.25, 0.3) is 0 Å². The van der Waals surface area contributed by atoms with E-state index in [1.165, 1.54) is 0 Å². The van der Waals surface area contributed by atoms with Crippen LogP contribution in [0.4, 0.5) is 5.95 Å². The minimum Gasteiger partial charge on any atom is -0.481 e. The number of methoxy groups -OCH3 is 1. The second kappa shape index (κ2) is 4.91. The van der Waals surface area contributed by atoms with Crippen LogP contribution in [0, 0.1) is 0 Å². The molecule has 0 amide bonds. The molecule has 0 aromatic carbocycles. The first kappa shape index (κ1) is 11.5. The van der Waals surface area contributed by atoms with Crippen LogP contribution < -0.4 is 9.64 Å². The summed E-state index contributed by atoms with van der Waals surface area (Å²) in [5.74, 6) is 2.54. The number of nitrogens with zero attached hydrogens (tertiary/aromatic N) is 3. The van der Waals surface area contributed by atoms with Crippen LogP contribution in [0.25, 0.3) is 0 Å². The molecule has 2 unspecified atom stereocenters. The standard InChI is InChI=1S/C11H17N3OS/c1-8-9(2)16-7-6-14(8)11-12-5-4-10(13-11)15-3/h4-5,8-9H,6-7H2,1-3H3. The monoisotopic (exact) mass is 239 g/mol. The average Bonchev–Trinajstić information content (AvgIpc) is 2.33. The van der Waals surface area contributed by atoms with Gasteiger partial charge >= 0.3 is 0 Å². The Kier molecular flexibility index (Phi) is 3.53. The van der Waals surface area contributed by atoms with Crippen molar-refractivity contribution < 1.29 is 4.74 Å². The third-order valence-electron chi connectivity index (χ3n) is 2.97. The predicted molar refractivity (Wildman–Crippen MR) is 67.3 cm³/mol. The van der Waals surface area contributed by atoms with E-state index in [9.17, 15) is 0 Å². The molecule has 88 valence electrons. The van der Waals surface area contributed by atoms with Crippen molar-refractivity contribution in [3.05, 3.63) is 12.3 Å². The molecule has 2 rings (SSSR count). The molecule has 0 saturated carbocycles. The van der Waals surface area contributed by atoms with E-state index < -0.39 is 0 Å². The average molecular weight is 239 g/mol. The highest BCUT2D eigenvalue weighted by molar-refractivity contribution is 8.00. The molecular formula is C11H17N3OS. The zero-order valence-electron chi connectivity index (χ0n) is 9.88. The van der Waals surface area contributed by atoms with E-state index >= 15 is 0 Å². The molecule has 0 N–H and O–H groups in total. The van der Waals surface area contributed by atoms with Gasteiger partial charge in [0.15, 0.2) is 0 Å². The van der Waals surface area contributed by atoms with Crippen LogP contribution in [0.2, 0.25) is 0 Å². The number of aromatic nitrogens is 2. The van der Waals surface area contributed by atoms with Gasteiger partial charge in [-0.05, 0) is 6.92 Å². The van der Waals surface area contributed by atoms with Gasteiger partial charge in [-0.3, -0.25) is 0 Å². The van der Waals surface area contributed by atoms with Crippen molar-refractivity contribution in [2.75, 3.05) is 24.3 Å². The van der Waals surface area contributed by atoms with Crippen molar-refractivity contribution in [3.63, 3.8) is 0 Å². The summed E-state index contributed by atoms with van der Waals surface area (Å²) in [6.07, 6.45) is 1.75. The Balaban J connectivity index is 2.21. The number of rotatable bonds is 2. The highest BCUT2D eigenvalue weighted by Gasteiger charge is 2.27. The molecule has 0 aliphatic carbocycles. The van der Waals surface area contributed by atoms with Gasteiger partial charge in [0.1, 0.15) is 0 Å². The molecule has 1 aromatic heterocycles. The van der Waals surface area contributed by atoms with Crippen LogP contribution in [0.3, 0.4) is 0 Å². The number of anilines is 1. The van der Waals surface area contributed by atoms with E-state index in [4.69, 9.17) is 4.74 Å². The topological polar surface area (TPSA) is 38.2 Å². The Morgan fingerprint density at radius 1 is 1.50 bits per heavy atom. The first-order chi connectivity index (χ1) is 7.72. The van der Waals surface area contributed by atoms with E-state index in [-0.39, 0.29) is 0 Å². The Bertz CT molecular complexity index is 361.